The van der Waals surface area contributed by atoms with Gasteiger partial charge in [-0.25, -0.2) is 9.98 Å². The molecule has 168 valence electrons. The summed E-state index contributed by atoms with van der Waals surface area (Å²) in [7, 11) is 0. The summed E-state index contributed by atoms with van der Waals surface area (Å²) in [4.78, 5) is 39.1. The first-order valence-corrected chi connectivity index (χ1v) is 12.0. The lowest BCUT2D eigenvalue weighted by atomic mass is 9.96. The van der Waals surface area contributed by atoms with Gasteiger partial charge in [-0.15, -0.1) is 0 Å². The van der Waals surface area contributed by atoms with Crippen molar-refractivity contribution in [1.82, 2.24) is 9.55 Å². The van der Waals surface area contributed by atoms with Gasteiger partial charge in [0.15, 0.2) is 0 Å². The number of anilines is 1. The van der Waals surface area contributed by atoms with E-state index in [1.54, 1.807) is 24.0 Å². The highest BCUT2D eigenvalue weighted by molar-refractivity contribution is 9.10. The molecule has 2 aliphatic rings. The summed E-state index contributed by atoms with van der Waals surface area (Å²) in [6, 6.07) is 19.5. The second-order valence-electron chi connectivity index (χ2n) is 8.77. The van der Waals surface area contributed by atoms with E-state index >= 15 is 0 Å². The molecule has 34 heavy (non-hydrogen) atoms. The fourth-order valence-electron chi connectivity index (χ4n) is 5.06. The molecule has 1 unspecified atom stereocenters. The molecule has 1 aromatic heterocycles. The summed E-state index contributed by atoms with van der Waals surface area (Å²) >= 11 is 3.45. The van der Waals surface area contributed by atoms with Crippen LogP contribution in [0.3, 0.4) is 0 Å². The number of benzene rings is 3. The van der Waals surface area contributed by atoms with Crippen LogP contribution in [0.25, 0.3) is 10.9 Å². The van der Waals surface area contributed by atoms with Crippen molar-refractivity contribution in [2.75, 3.05) is 11.4 Å². The Balaban J connectivity index is 1.67. The van der Waals surface area contributed by atoms with Gasteiger partial charge in [0.1, 0.15) is 5.82 Å². The first kappa shape index (κ1) is 21.0. The highest BCUT2D eigenvalue weighted by atomic mass is 79.9. The molecular weight excluding hydrogens is 492 g/mol. The van der Waals surface area contributed by atoms with E-state index in [1.807, 2.05) is 36.4 Å². The minimum Gasteiger partial charge on any atom is -0.308 e. The largest absolute Gasteiger partial charge is 0.308 e. The molecule has 0 saturated carbocycles. The molecule has 6 rings (SSSR count). The zero-order valence-electron chi connectivity index (χ0n) is 18.7. The van der Waals surface area contributed by atoms with Crippen molar-refractivity contribution >= 4 is 44.1 Å². The van der Waals surface area contributed by atoms with Crippen molar-refractivity contribution in [1.29, 1.82) is 0 Å². The minimum absolute atomic E-state index is 0.212. The van der Waals surface area contributed by atoms with Crippen molar-refractivity contribution in [3.05, 3.63) is 104 Å². The van der Waals surface area contributed by atoms with Gasteiger partial charge in [-0.1, -0.05) is 57.9 Å². The Hall–Kier alpha value is -3.58. The van der Waals surface area contributed by atoms with Crippen LogP contribution in [0.5, 0.6) is 0 Å². The topological polar surface area (TPSA) is 67.6 Å². The number of hydrogen-bond donors (Lipinski definition) is 0. The highest BCUT2D eigenvalue weighted by Gasteiger charge is 2.38. The molecule has 1 atom stereocenters. The molecule has 4 aromatic rings. The maximum absolute atomic E-state index is 14.0. The van der Waals surface area contributed by atoms with E-state index in [2.05, 4.69) is 40.0 Å². The number of aryl methyl sites for hydroxylation is 2. The van der Waals surface area contributed by atoms with Crippen molar-refractivity contribution in [3.63, 3.8) is 0 Å². The monoisotopic (exact) mass is 512 g/mol. The van der Waals surface area contributed by atoms with E-state index in [0.29, 0.717) is 29.0 Å². The van der Waals surface area contributed by atoms with E-state index in [1.165, 1.54) is 4.57 Å². The van der Waals surface area contributed by atoms with Gasteiger partial charge in [-0.2, -0.15) is 0 Å². The Labute approximate surface area is 204 Å². The number of fused-ring (bicyclic) bond motifs is 1. The molecule has 0 aliphatic carbocycles. The molecule has 0 fully saturated rings. The molecule has 0 saturated heterocycles. The normalized spacial score (nSPS) is 17.0. The van der Waals surface area contributed by atoms with Crippen LogP contribution >= 0.6 is 15.9 Å². The molecular formula is C27H21BrN4O2. The number of carbonyl (C=O) groups excluding carboxylic acids is 1. The van der Waals surface area contributed by atoms with E-state index in [-0.39, 0.29) is 11.5 Å². The molecule has 0 spiro atoms. The third-order valence-corrected chi connectivity index (χ3v) is 7.03. The molecule has 3 heterocycles. The van der Waals surface area contributed by atoms with Crippen molar-refractivity contribution < 1.29 is 4.79 Å². The summed E-state index contributed by atoms with van der Waals surface area (Å²) in [6.45, 7) is 4.39. The maximum atomic E-state index is 14.0. The van der Waals surface area contributed by atoms with E-state index in [4.69, 9.17) is 4.99 Å². The van der Waals surface area contributed by atoms with Crippen LogP contribution in [-0.2, 0) is 11.2 Å². The number of amides is 1. The highest BCUT2D eigenvalue weighted by Crippen LogP contribution is 2.39. The average molecular weight is 513 g/mol. The van der Waals surface area contributed by atoms with Crippen LogP contribution in [0, 0.1) is 13.8 Å². The Morgan fingerprint density at radius 3 is 2.59 bits per heavy atom. The maximum Gasteiger partial charge on any atom is 0.272 e. The minimum atomic E-state index is -1.04. The van der Waals surface area contributed by atoms with Crippen molar-refractivity contribution in [3.8, 4) is 0 Å². The SMILES string of the molecule is Cc1cc2c3c(c1)C(c1ccccc1)=NC(n1c(C)nc4ccc(Br)cc4c1=O)C(=O)N3CC2. The fraction of sp³-hybridized carbons (Fsp3) is 0.185. The number of carbonyl (C=O) groups is 1. The van der Waals surface area contributed by atoms with Gasteiger partial charge in [0, 0.05) is 22.1 Å². The molecule has 0 radical (unpaired) electrons. The third kappa shape index (κ3) is 3.15. The van der Waals surface area contributed by atoms with E-state index in [9.17, 15) is 9.59 Å². The standard InChI is InChI=1S/C27H21BrN4O2/c1-15-12-18-10-11-31-24(18)21(13-15)23(17-6-4-3-5-7-17)30-25(27(31)34)32-16(2)29-22-9-8-19(28)14-20(22)26(32)33/h3-9,12-14,25H,10-11H2,1-2H3. The third-order valence-electron chi connectivity index (χ3n) is 6.53. The lowest BCUT2D eigenvalue weighted by Crippen LogP contribution is -2.39. The van der Waals surface area contributed by atoms with Gasteiger partial charge in [0.2, 0.25) is 6.17 Å². The fourth-order valence-corrected chi connectivity index (χ4v) is 5.42. The van der Waals surface area contributed by atoms with Gasteiger partial charge in [0.25, 0.3) is 11.5 Å². The van der Waals surface area contributed by atoms with Crippen molar-refractivity contribution in [2.24, 2.45) is 4.99 Å². The second kappa shape index (κ2) is 7.74. The van der Waals surface area contributed by atoms with Crippen LogP contribution < -0.4 is 10.5 Å². The number of aliphatic imine (C=N–C) groups is 1. The van der Waals surface area contributed by atoms with Gasteiger partial charge in [-0.3, -0.25) is 14.2 Å². The van der Waals surface area contributed by atoms with Crippen LogP contribution in [0.15, 0.2) is 74.9 Å². The number of halogens is 1. The van der Waals surface area contributed by atoms with Crippen LogP contribution in [-0.4, -0.2) is 27.7 Å². The number of nitrogens with zero attached hydrogens (tertiary/aromatic N) is 4. The average Bonchev–Trinajstić information content (AvgIpc) is 3.20. The molecule has 1 amide bonds. The number of hydrogen-bond acceptors (Lipinski definition) is 4. The number of rotatable bonds is 2. The van der Waals surface area contributed by atoms with E-state index in [0.717, 1.165) is 38.8 Å². The van der Waals surface area contributed by atoms with Crippen LogP contribution in [0.4, 0.5) is 5.69 Å². The van der Waals surface area contributed by atoms with Crippen molar-refractivity contribution in [2.45, 2.75) is 26.4 Å². The lowest BCUT2D eigenvalue weighted by Gasteiger charge is -2.23. The van der Waals surface area contributed by atoms with Gasteiger partial charge in [0.05, 0.1) is 22.3 Å². The van der Waals surface area contributed by atoms with Gasteiger partial charge < -0.3 is 4.90 Å². The Morgan fingerprint density at radius 2 is 1.79 bits per heavy atom. The summed E-state index contributed by atoms with van der Waals surface area (Å²) in [5.74, 6) is 0.243. The van der Waals surface area contributed by atoms with Gasteiger partial charge >= 0.3 is 0 Å². The summed E-state index contributed by atoms with van der Waals surface area (Å²) in [5, 5.41) is 0.448. The predicted octanol–water partition coefficient (Wildman–Crippen LogP) is 4.71. The van der Waals surface area contributed by atoms with Crippen LogP contribution in [0.1, 0.15) is 34.2 Å². The Morgan fingerprint density at radius 1 is 1.00 bits per heavy atom. The molecule has 3 aromatic carbocycles. The van der Waals surface area contributed by atoms with Crippen LogP contribution in [0.2, 0.25) is 0 Å². The molecule has 2 aliphatic heterocycles. The smallest absolute Gasteiger partial charge is 0.272 e. The Bertz CT molecular complexity index is 1590. The van der Waals surface area contributed by atoms with E-state index < -0.39 is 6.17 Å². The zero-order chi connectivity index (χ0) is 23.6. The van der Waals surface area contributed by atoms with Gasteiger partial charge in [-0.05, 0) is 50.1 Å². The summed E-state index contributed by atoms with van der Waals surface area (Å²) in [6.07, 6.45) is -0.265. The number of aromatic nitrogens is 2. The molecule has 7 heteroatoms. The Kier molecular flexibility index (Phi) is 4.78. The predicted molar refractivity (Wildman–Crippen MR) is 137 cm³/mol. The molecule has 0 bridgehead atoms. The first-order valence-electron chi connectivity index (χ1n) is 11.2. The first-order chi connectivity index (χ1) is 16.4. The quantitative estimate of drug-likeness (QED) is 0.390. The second-order valence-corrected chi connectivity index (χ2v) is 9.69. The molecule has 0 N–H and O–H groups in total. The zero-order valence-corrected chi connectivity index (χ0v) is 20.3. The molecule has 6 nitrogen and oxygen atoms in total. The summed E-state index contributed by atoms with van der Waals surface area (Å²) in [5.41, 5.74) is 6.03. The lowest BCUT2D eigenvalue weighted by molar-refractivity contribution is -0.121. The summed E-state index contributed by atoms with van der Waals surface area (Å²) < 4.78 is 2.22.